The molecule has 172 valence electrons. The van der Waals surface area contributed by atoms with Crippen LogP contribution in [0, 0.1) is 6.92 Å². The Bertz CT molecular complexity index is 722. The molecule has 3 nitrogen and oxygen atoms in total. The molecule has 1 saturated heterocycles. The minimum atomic E-state index is 0.163. The molecule has 2 aromatic carbocycles. The van der Waals surface area contributed by atoms with Crippen molar-refractivity contribution in [1.29, 1.82) is 0 Å². The van der Waals surface area contributed by atoms with Gasteiger partial charge in [0.2, 0.25) is 0 Å². The number of rotatable bonds is 5. The number of ether oxygens (including phenoxy) is 1. The first-order chi connectivity index (χ1) is 15.2. The van der Waals surface area contributed by atoms with Gasteiger partial charge in [-0.3, -0.25) is 4.90 Å². The number of likely N-dealkylation sites (tertiary alicyclic amines) is 1. The van der Waals surface area contributed by atoms with E-state index in [1.54, 1.807) is 0 Å². The van der Waals surface area contributed by atoms with Crippen molar-refractivity contribution in [2.24, 2.45) is 0 Å². The van der Waals surface area contributed by atoms with Crippen molar-refractivity contribution < 1.29 is 9.53 Å². The van der Waals surface area contributed by atoms with Crippen LogP contribution in [0.1, 0.15) is 82.6 Å². The molecule has 2 aromatic rings. The highest BCUT2D eigenvalue weighted by Crippen LogP contribution is 2.39. The van der Waals surface area contributed by atoms with Gasteiger partial charge in [0.05, 0.1) is 6.04 Å². The number of fused-ring (bicyclic) bond motifs is 1. The van der Waals surface area contributed by atoms with Crippen LogP contribution in [0.2, 0.25) is 0 Å². The molecular weight excluding hydrogens is 382 g/mol. The molecule has 1 heterocycles. The number of hydrogen-bond donors (Lipinski definition) is 0. The van der Waals surface area contributed by atoms with Crippen LogP contribution in [0.4, 0.5) is 0 Å². The van der Waals surface area contributed by atoms with Gasteiger partial charge in [-0.05, 0) is 68.1 Å². The maximum atomic E-state index is 8.00. The monoisotopic (exact) mass is 425 g/mol. The number of aryl methyl sites for hydroxylation is 1. The van der Waals surface area contributed by atoms with Gasteiger partial charge in [-0.25, -0.2) is 0 Å². The molecule has 3 heteroatoms. The fourth-order valence-electron chi connectivity index (χ4n) is 4.26. The van der Waals surface area contributed by atoms with Crippen molar-refractivity contribution in [2.75, 3.05) is 13.1 Å². The van der Waals surface area contributed by atoms with Gasteiger partial charge in [0.15, 0.2) is 0 Å². The lowest BCUT2D eigenvalue weighted by Gasteiger charge is -2.30. The van der Waals surface area contributed by atoms with Crippen LogP contribution >= 0.6 is 0 Å². The number of benzene rings is 2. The van der Waals surface area contributed by atoms with Crippen LogP contribution in [-0.2, 0) is 11.2 Å². The maximum Gasteiger partial charge on any atom is 0.140 e. The first kappa shape index (κ1) is 26.9. The van der Waals surface area contributed by atoms with E-state index in [9.17, 15) is 0 Å². The zero-order valence-electron chi connectivity index (χ0n) is 20.4. The molecule has 0 bridgehead atoms. The fraction of sp³-hybridized carbons (Fsp3) is 0.536. The SMILES string of the molecule is C=O.CC.CCCCC.Cc1cccc(O[C@H]2c3ccccc3CC2N2CCCC2)c1. The molecular formula is C28H43NO2. The molecule has 0 saturated carbocycles. The van der Waals surface area contributed by atoms with E-state index in [2.05, 4.69) is 74.2 Å². The zero-order chi connectivity index (χ0) is 23.1. The van der Waals surface area contributed by atoms with Gasteiger partial charge in [0, 0.05) is 0 Å². The molecule has 2 aliphatic rings. The lowest BCUT2D eigenvalue weighted by atomic mass is 10.1. The summed E-state index contributed by atoms with van der Waals surface area (Å²) < 4.78 is 6.47. The molecule has 0 aromatic heterocycles. The molecule has 4 rings (SSSR count). The Kier molecular flexibility index (Phi) is 13.6. The highest BCUT2D eigenvalue weighted by atomic mass is 16.5. The molecule has 1 unspecified atom stereocenters. The number of carbonyl (C=O) groups is 1. The van der Waals surface area contributed by atoms with E-state index in [4.69, 9.17) is 9.53 Å². The molecule has 0 N–H and O–H groups in total. The van der Waals surface area contributed by atoms with E-state index >= 15 is 0 Å². The van der Waals surface area contributed by atoms with Crippen LogP contribution in [0.5, 0.6) is 5.75 Å². The van der Waals surface area contributed by atoms with Gasteiger partial charge >= 0.3 is 0 Å². The molecule has 1 fully saturated rings. The second-order valence-electron chi connectivity index (χ2n) is 7.92. The highest BCUT2D eigenvalue weighted by Gasteiger charge is 2.38. The largest absolute Gasteiger partial charge is 0.484 e. The van der Waals surface area contributed by atoms with E-state index in [1.165, 1.54) is 61.9 Å². The van der Waals surface area contributed by atoms with Gasteiger partial charge in [0.1, 0.15) is 18.6 Å². The topological polar surface area (TPSA) is 29.5 Å². The van der Waals surface area contributed by atoms with Crippen molar-refractivity contribution in [3.63, 3.8) is 0 Å². The molecule has 1 aliphatic carbocycles. The first-order valence-electron chi connectivity index (χ1n) is 12.1. The average molecular weight is 426 g/mol. The molecule has 1 aliphatic heterocycles. The summed E-state index contributed by atoms with van der Waals surface area (Å²) in [6, 6.07) is 17.7. The molecule has 0 radical (unpaired) electrons. The number of nitrogens with zero attached hydrogens (tertiary/aromatic N) is 1. The second kappa shape index (κ2) is 15.6. The van der Waals surface area contributed by atoms with Crippen molar-refractivity contribution in [1.82, 2.24) is 4.90 Å². The van der Waals surface area contributed by atoms with Gasteiger partial charge in [-0.1, -0.05) is 83.4 Å². The summed E-state index contributed by atoms with van der Waals surface area (Å²) in [6.07, 6.45) is 8.00. The minimum Gasteiger partial charge on any atom is -0.484 e. The third-order valence-corrected chi connectivity index (χ3v) is 5.71. The quantitative estimate of drug-likeness (QED) is 0.508. The third kappa shape index (κ3) is 8.14. The maximum absolute atomic E-state index is 8.00. The summed E-state index contributed by atoms with van der Waals surface area (Å²) in [5.74, 6) is 0.992. The fourth-order valence-corrected chi connectivity index (χ4v) is 4.26. The van der Waals surface area contributed by atoms with E-state index in [0.717, 1.165) is 12.2 Å². The summed E-state index contributed by atoms with van der Waals surface area (Å²) in [4.78, 5) is 10.6. The predicted molar refractivity (Wildman–Crippen MR) is 133 cm³/mol. The van der Waals surface area contributed by atoms with Crippen molar-refractivity contribution >= 4 is 6.79 Å². The number of carbonyl (C=O) groups excluding carboxylic acids is 1. The van der Waals surface area contributed by atoms with E-state index in [-0.39, 0.29) is 6.10 Å². The number of unbranched alkanes of at least 4 members (excludes halogenated alkanes) is 2. The van der Waals surface area contributed by atoms with Crippen LogP contribution in [0.15, 0.2) is 48.5 Å². The Labute approximate surface area is 190 Å². The summed E-state index contributed by atoms with van der Waals surface area (Å²) >= 11 is 0. The first-order valence-corrected chi connectivity index (χ1v) is 12.1. The summed E-state index contributed by atoms with van der Waals surface area (Å²) in [7, 11) is 0. The Morgan fingerprint density at radius 1 is 0.968 bits per heavy atom. The van der Waals surface area contributed by atoms with Crippen LogP contribution in [0.3, 0.4) is 0 Å². The van der Waals surface area contributed by atoms with E-state index < -0.39 is 0 Å². The standard InChI is InChI=1S/C20H23NO.C5H12.C2H6.CH2O/c1-15-7-6-9-17(13-15)22-20-18-10-3-2-8-16(18)14-19(20)21-11-4-5-12-21;1-3-5-4-2;2*1-2/h2-3,6-10,13,19-20H,4-5,11-12,14H2,1H3;3-5H2,1-2H3;1-2H3;1H2/t19?,20-;;;/m0.../s1. The lowest BCUT2D eigenvalue weighted by Crippen LogP contribution is -2.38. The van der Waals surface area contributed by atoms with Gasteiger partial charge in [-0.15, -0.1) is 0 Å². The zero-order valence-corrected chi connectivity index (χ0v) is 20.4. The van der Waals surface area contributed by atoms with E-state index in [0.29, 0.717) is 6.04 Å². The van der Waals surface area contributed by atoms with Gasteiger partial charge < -0.3 is 9.53 Å². The Morgan fingerprint density at radius 2 is 1.61 bits per heavy atom. The lowest BCUT2D eigenvalue weighted by molar-refractivity contribution is -0.0979. The Hall–Kier alpha value is -2.13. The second-order valence-corrected chi connectivity index (χ2v) is 7.92. The smallest absolute Gasteiger partial charge is 0.140 e. The summed E-state index contributed by atoms with van der Waals surface area (Å²) in [6.45, 7) is 15.0. The summed E-state index contributed by atoms with van der Waals surface area (Å²) in [5, 5.41) is 0. The predicted octanol–water partition coefficient (Wildman–Crippen LogP) is 7.17. The number of hydrogen-bond acceptors (Lipinski definition) is 3. The Balaban J connectivity index is 0.000000465. The van der Waals surface area contributed by atoms with Crippen molar-refractivity contribution in [3.05, 3.63) is 65.2 Å². The summed E-state index contributed by atoms with van der Waals surface area (Å²) in [5.41, 5.74) is 4.08. The highest BCUT2D eigenvalue weighted by molar-refractivity contribution is 5.38. The molecule has 0 amide bonds. The van der Waals surface area contributed by atoms with Crippen molar-refractivity contribution in [3.8, 4) is 5.75 Å². The normalized spacial score (nSPS) is 19.0. The van der Waals surface area contributed by atoms with Crippen LogP contribution in [-0.4, -0.2) is 30.8 Å². The van der Waals surface area contributed by atoms with Gasteiger partial charge in [0.25, 0.3) is 0 Å². The van der Waals surface area contributed by atoms with Crippen LogP contribution < -0.4 is 4.74 Å². The van der Waals surface area contributed by atoms with E-state index in [1.807, 2.05) is 20.6 Å². The van der Waals surface area contributed by atoms with Crippen molar-refractivity contribution in [2.45, 2.75) is 85.3 Å². The third-order valence-electron chi connectivity index (χ3n) is 5.71. The Morgan fingerprint density at radius 3 is 2.19 bits per heavy atom. The molecule has 0 spiro atoms. The average Bonchev–Trinajstić information content (AvgIpc) is 3.46. The molecule has 2 atom stereocenters. The minimum absolute atomic E-state index is 0.163. The molecule has 31 heavy (non-hydrogen) atoms. The van der Waals surface area contributed by atoms with Gasteiger partial charge in [-0.2, -0.15) is 0 Å². The van der Waals surface area contributed by atoms with Crippen LogP contribution in [0.25, 0.3) is 0 Å².